The van der Waals surface area contributed by atoms with Crippen molar-refractivity contribution in [1.82, 2.24) is 9.80 Å². The van der Waals surface area contributed by atoms with Crippen molar-refractivity contribution >= 4 is 5.57 Å². The van der Waals surface area contributed by atoms with Gasteiger partial charge < -0.3 is 4.90 Å². The zero-order valence-electron chi connectivity index (χ0n) is 34.3. The molecule has 276 valence electrons. The summed E-state index contributed by atoms with van der Waals surface area (Å²) < 4.78 is 0. The SMILES string of the molecule is C=C(C)c1ccccc1.CC.CC.CC.CC1(c2ccccc2)CCN(Cc2ccccc2)C1.CCC.CN1CCC(C)(c2ccccc2)C1. The van der Waals surface area contributed by atoms with E-state index in [0.29, 0.717) is 10.8 Å². The second-order valence-corrected chi connectivity index (χ2v) is 13.1. The predicted molar refractivity (Wildman–Crippen MR) is 227 cm³/mol. The first-order valence-corrected chi connectivity index (χ1v) is 19.5. The van der Waals surface area contributed by atoms with Crippen molar-refractivity contribution in [3.63, 3.8) is 0 Å². The van der Waals surface area contributed by atoms with Crippen LogP contribution in [-0.2, 0) is 17.4 Å². The van der Waals surface area contributed by atoms with Gasteiger partial charge in [0.1, 0.15) is 0 Å². The van der Waals surface area contributed by atoms with Gasteiger partial charge in [0.05, 0.1) is 0 Å². The zero-order chi connectivity index (χ0) is 37.8. The van der Waals surface area contributed by atoms with E-state index < -0.39 is 0 Å². The van der Waals surface area contributed by atoms with Crippen LogP contribution in [0.15, 0.2) is 128 Å². The van der Waals surface area contributed by atoms with Crippen molar-refractivity contribution in [3.8, 4) is 0 Å². The molecule has 2 aliphatic heterocycles. The summed E-state index contributed by atoms with van der Waals surface area (Å²) in [5.74, 6) is 0. The van der Waals surface area contributed by atoms with E-state index in [4.69, 9.17) is 0 Å². The molecule has 50 heavy (non-hydrogen) atoms. The summed E-state index contributed by atoms with van der Waals surface area (Å²) in [5.41, 5.74) is 7.42. The normalized spacial score (nSPS) is 19.0. The average Bonchev–Trinajstić information content (AvgIpc) is 3.74. The molecule has 2 heteroatoms. The molecule has 2 nitrogen and oxygen atoms in total. The second kappa shape index (κ2) is 27.3. The highest BCUT2D eigenvalue weighted by Gasteiger charge is 2.35. The van der Waals surface area contributed by atoms with Gasteiger partial charge in [-0.05, 0) is 62.2 Å². The van der Waals surface area contributed by atoms with E-state index in [0.717, 1.165) is 18.7 Å². The third kappa shape index (κ3) is 17.0. The van der Waals surface area contributed by atoms with Gasteiger partial charge in [0.2, 0.25) is 0 Å². The maximum absolute atomic E-state index is 3.83. The Morgan fingerprint density at radius 2 is 0.940 bits per heavy atom. The Bertz CT molecular complexity index is 1340. The molecular weight excluding hydrogens is 605 g/mol. The molecule has 4 aromatic carbocycles. The molecule has 4 aromatic rings. The first kappa shape index (κ1) is 46.5. The third-order valence-corrected chi connectivity index (χ3v) is 8.67. The van der Waals surface area contributed by atoms with Gasteiger partial charge >= 0.3 is 0 Å². The highest BCUT2D eigenvalue weighted by atomic mass is 15.2. The van der Waals surface area contributed by atoms with Crippen LogP contribution in [0.4, 0.5) is 0 Å². The minimum Gasteiger partial charge on any atom is -0.305 e. The van der Waals surface area contributed by atoms with Crippen LogP contribution in [-0.4, -0.2) is 43.0 Å². The van der Waals surface area contributed by atoms with Gasteiger partial charge in [0.15, 0.2) is 0 Å². The minimum atomic E-state index is 0.316. The van der Waals surface area contributed by atoms with Crippen molar-refractivity contribution in [3.05, 3.63) is 150 Å². The first-order valence-electron chi connectivity index (χ1n) is 19.5. The number of hydrogen-bond acceptors (Lipinski definition) is 2. The summed E-state index contributed by atoms with van der Waals surface area (Å²) in [7, 11) is 2.20. The predicted octanol–water partition coefficient (Wildman–Crippen LogP) is 13.3. The largest absolute Gasteiger partial charge is 0.305 e. The average molecular weight is 679 g/mol. The van der Waals surface area contributed by atoms with Crippen LogP contribution in [0.2, 0.25) is 0 Å². The molecule has 2 heterocycles. The number of benzene rings is 4. The highest BCUT2D eigenvalue weighted by molar-refractivity contribution is 5.60. The minimum absolute atomic E-state index is 0.316. The van der Waals surface area contributed by atoms with Crippen LogP contribution in [0, 0.1) is 0 Å². The molecule has 2 aliphatic rings. The summed E-state index contributed by atoms with van der Waals surface area (Å²) in [4.78, 5) is 4.98. The first-order chi connectivity index (χ1) is 24.2. The Kier molecular flexibility index (Phi) is 25.4. The lowest BCUT2D eigenvalue weighted by atomic mass is 9.82. The Labute approximate surface area is 310 Å². The molecule has 0 spiro atoms. The fourth-order valence-electron chi connectivity index (χ4n) is 6.10. The van der Waals surface area contributed by atoms with E-state index in [9.17, 15) is 0 Å². The number of nitrogens with zero attached hydrogens (tertiary/aromatic N) is 2. The molecule has 0 aromatic heterocycles. The third-order valence-electron chi connectivity index (χ3n) is 8.67. The van der Waals surface area contributed by atoms with Crippen LogP contribution in [0.5, 0.6) is 0 Å². The van der Waals surface area contributed by atoms with Gasteiger partial charge in [0, 0.05) is 30.5 Å². The summed E-state index contributed by atoms with van der Waals surface area (Å²) in [5, 5.41) is 0. The molecule has 0 radical (unpaired) electrons. The van der Waals surface area contributed by atoms with E-state index in [1.54, 1.807) is 0 Å². The number of likely N-dealkylation sites (N-methyl/N-ethyl adjacent to an activating group) is 1. The Balaban J connectivity index is 0.000000676. The van der Waals surface area contributed by atoms with Gasteiger partial charge in [-0.2, -0.15) is 0 Å². The lowest BCUT2D eigenvalue weighted by Gasteiger charge is -2.25. The molecular formula is C48H74N2. The molecule has 0 bridgehead atoms. The standard InChI is InChI=1S/C18H21N.C12H17N.C9H10.C3H8.3C2H6/c1-18(17-10-6-3-7-11-17)12-13-19(15-18)14-16-8-4-2-5-9-16;1-12(8-9-13(2)10-12)11-6-4-3-5-7-11;1-8(2)9-6-4-3-5-7-9;1-3-2;3*1-2/h2-11H,12-15H2,1H3;3-7H,8-10H2,1-2H3;3-7H,1H2,2H3;3H2,1-2H3;3*1-2H3. The maximum atomic E-state index is 3.83. The molecule has 0 amide bonds. The molecule has 0 N–H and O–H groups in total. The van der Waals surface area contributed by atoms with Crippen LogP contribution in [0.1, 0.15) is 118 Å². The lowest BCUT2D eigenvalue weighted by Crippen LogP contribution is -2.27. The number of rotatable bonds is 5. The summed E-state index contributed by atoms with van der Waals surface area (Å²) >= 11 is 0. The van der Waals surface area contributed by atoms with Gasteiger partial charge in [-0.3, -0.25) is 4.90 Å². The van der Waals surface area contributed by atoms with Crippen LogP contribution < -0.4 is 0 Å². The Morgan fingerprint density at radius 1 is 0.580 bits per heavy atom. The van der Waals surface area contributed by atoms with Crippen molar-refractivity contribution in [1.29, 1.82) is 0 Å². The van der Waals surface area contributed by atoms with E-state index in [2.05, 4.69) is 154 Å². The summed E-state index contributed by atoms with van der Waals surface area (Å²) in [6.45, 7) is 32.7. The molecule has 6 rings (SSSR count). The maximum Gasteiger partial charge on any atom is 0.0234 e. The molecule has 0 saturated carbocycles. The summed E-state index contributed by atoms with van der Waals surface area (Å²) in [6, 6.07) is 42.7. The fourth-order valence-corrected chi connectivity index (χ4v) is 6.10. The summed E-state index contributed by atoms with van der Waals surface area (Å²) in [6.07, 6.45) is 3.79. The molecule has 2 fully saturated rings. The smallest absolute Gasteiger partial charge is 0.0234 e. The highest BCUT2D eigenvalue weighted by Crippen LogP contribution is 2.35. The number of likely N-dealkylation sites (tertiary alicyclic amines) is 2. The lowest BCUT2D eigenvalue weighted by molar-refractivity contribution is 0.309. The van der Waals surface area contributed by atoms with Gasteiger partial charge in [-0.1, -0.05) is 209 Å². The molecule has 2 atom stereocenters. The van der Waals surface area contributed by atoms with Gasteiger partial charge in [0.25, 0.3) is 0 Å². The van der Waals surface area contributed by atoms with Crippen molar-refractivity contribution in [2.75, 3.05) is 33.2 Å². The van der Waals surface area contributed by atoms with Crippen LogP contribution in [0.3, 0.4) is 0 Å². The molecule has 2 saturated heterocycles. The van der Waals surface area contributed by atoms with E-state index >= 15 is 0 Å². The Hall–Kier alpha value is -3.46. The van der Waals surface area contributed by atoms with Crippen molar-refractivity contribution in [2.24, 2.45) is 0 Å². The topological polar surface area (TPSA) is 6.48 Å². The van der Waals surface area contributed by atoms with Crippen molar-refractivity contribution < 1.29 is 0 Å². The number of allylic oxidation sites excluding steroid dienone is 1. The van der Waals surface area contributed by atoms with E-state index in [-0.39, 0.29) is 0 Å². The number of hydrogen-bond donors (Lipinski definition) is 0. The van der Waals surface area contributed by atoms with Crippen LogP contribution in [0.25, 0.3) is 5.57 Å². The fraction of sp³-hybridized carbons (Fsp3) is 0.458. The Morgan fingerprint density at radius 3 is 1.30 bits per heavy atom. The zero-order valence-corrected chi connectivity index (χ0v) is 34.3. The second-order valence-electron chi connectivity index (χ2n) is 13.1. The molecule has 2 unspecified atom stereocenters. The quantitative estimate of drug-likeness (QED) is 0.207. The monoisotopic (exact) mass is 679 g/mol. The van der Waals surface area contributed by atoms with Crippen molar-refractivity contribution in [2.45, 2.75) is 113 Å². The van der Waals surface area contributed by atoms with Gasteiger partial charge in [-0.25, -0.2) is 0 Å². The van der Waals surface area contributed by atoms with E-state index in [1.807, 2.05) is 66.7 Å². The van der Waals surface area contributed by atoms with Gasteiger partial charge in [-0.15, -0.1) is 0 Å². The van der Waals surface area contributed by atoms with Crippen LogP contribution >= 0.6 is 0 Å². The van der Waals surface area contributed by atoms with E-state index in [1.165, 1.54) is 61.2 Å². The molecule has 0 aliphatic carbocycles.